The van der Waals surface area contributed by atoms with Crippen molar-refractivity contribution in [3.05, 3.63) is 35.4 Å². The molecule has 3 heteroatoms. The van der Waals surface area contributed by atoms with E-state index in [1.165, 1.54) is 38.5 Å². The van der Waals surface area contributed by atoms with Crippen molar-refractivity contribution in [2.24, 2.45) is 5.92 Å². The van der Waals surface area contributed by atoms with Crippen LogP contribution in [-0.4, -0.2) is 13.2 Å². The first-order valence-electron chi connectivity index (χ1n) is 8.06. The molecule has 0 aromatic heterocycles. The van der Waals surface area contributed by atoms with Gasteiger partial charge in [0.15, 0.2) is 6.29 Å². The van der Waals surface area contributed by atoms with E-state index in [1.807, 2.05) is 18.2 Å². The third kappa shape index (κ3) is 5.15. The molecule has 1 fully saturated rings. The highest BCUT2D eigenvalue weighted by atomic mass is 16.7. The molecular formula is C18H25NO2. The van der Waals surface area contributed by atoms with E-state index in [-0.39, 0.29) is 6.29 Å². The largest absolute Gasteiger partial charge is 0.348 e. The Bertz CT molecular complexity index is 459. The number of benzene rings is 1. The summed E-state index contributed by atoms with van der Waals surface area (Å²) in [5.41, 5.74) is 1.59. The number of rotatable bonds is 7. The van der Waals surface area contributed by atoms with E-state index in [1.54, 1.807) is 6.07 Å². The molecular weight excluding hydrogens is 262 g/mol. The van der Waals surface area contributed by atoms with Crippen molar-refractivity contribution in [2.75, 3.05) is 13.2 Å². The zero-order valence-corrected chi connectivity index (χ0v) is 12.9. The maximum Gasteiger partial charge on any atom is 0.183 e. The number of nitriles is 1. The normalized spacial score (nSPS) is 21.9. The van der Waals surface area contributed by atoms with Gasteiger partial charge in [-0.1, -0.05) is 51.2 Å². The number of unbranched alkanes of at least 4 members (excludes halogenated alkanes) is 4. The Hall–Kier alpha value is -1.37. The third-order valence-electron chi connectivity index (χ3n) is 3.97. The average Bonchev–Trinajstić information content (AvgIpc) is 2.55. The van der Waals surface area contributed by atoms with E-state index in [2.05, 4.69) is 13.0 Å². The molecule has 0 saturated carbocycles. The van der Waals surface area contributed by atoms with E-state index in [4.69, 9.17) is 14.7 Å². The van der Waals surface area contributed by atoms with E-state index < -0.39 is 0 Å². The van der Waals surface area contributed by atoms with Crippen LogP contribution in [0.25, 0.3) is 0 Å². The van der Waals surface area contributed by atoms with Crippen LogP contribution in [-0.2, 0) is 9.47 Å². The average molecular weight is 287 g/mol. The second-order valence-electron chi connectivity index (χ2n) is 5.80. The van der Waals surface area contributed by atoms with Gasteiger partial charge in [-0.3, -0.25) is 0 Å². The van der Waals surface area contributed by atoms with Gasteiger partial charge in [0.2, 0.25) is 0 Å². The van der Waals surface area contributed by atoms with Gasteiger partial charge in [0, 0.05) is 11.5 Å². The Morgan fingerprint density at radius 2 is 1.90 bits per heavy atom. The molecule has 0 amide bonds. The van der Waals surface area contributed by atoms with Crippen LogP contribution in [0.15, 0.2) is 24.3 Å². The van der Waals surface area contributed by atoms with E-state index in [9.17, 15) is 0 Å². The quantitative estimate of drug-likeness (QED) is 0.689. The van der Waals surface area contributed by atoms with Gasteiger partial charge in [0.1, 0.15) is 0 Å². The number of nitrogens with zero attached hydrogens (tertiary/aromatic N) is 1. The number of ether oxygens (including phenoxy) is 2. The first kappa shape index (κ1) is 16.0. The topological polar surface area (TPSA) is 42.2 Å². The first-order chi connectivity index (χ1) is 10.3. The predicted octanol–water partition coefficient (Wildman–Crippen LogP) is 4.58. The van der Waals surface area contributed by atoms with Crippen molar-refractivity contribution in [1.82, 2.24) is 0 Å². The second-order valence-corrected chi connectivity index (χ2v) is 5.80. The minimum Gasteiger partial charge on any atom is -0.348 e. The first-order valence-corrected chi connectivity index (χ1v) is 8.06. The van der Waals surface area contributed by atoms with Gasteiger partial charge in [0.25, 0.3) is 0 Å². The maximum absolute atomic E-state index is 8.93. The van der Waals surface area contributed by atoms with Gasteiger partial charge in [-0.15, -0.1) is 0 Å². The van der Waals surface area contributed by atoms with Crippen LogP contribution in [0.2, 0.25) is 0 Å². The molecule has 1 aliphatic rings. The van der Waals surface area contributed by atoms with Gasteiger partial charge in [-0.2, -0.15) is 5.26 Å². The minimum absolute atomic E-state index is 0.311. The number of hydrogen-bond acceptors (Lipinski definition) is 3. The Balaban J connectivity index is 1.71. The summed E-state index contributed by atoms with van der Waals surface area (Å²) in [7, 11) is 0. The molecule has 114 valence electrons. The Kier molecular flexibility index (Phi) is 6.72. The molecule has 0 N–H and O–H groups in total. The van der Waals surface area contributed by atoms with Crippen molar-refractivity contribution < 1.29 is 9.47 Å². The van der Waals surface area contributed by atoms with Crippen LogP contribution in [0.4, 0.5) is 0 Å². The molecule has 0 unspecified atom stereocenters. The van der Waals surface area contributed by atoms with Crippen molar-refractivity contribution in [1.29, 1.82) is 5.26 Å². The Morgan fingerprint density at radius 1 is 1.14 bits per heavy atom. The van der Waals surface area contributed by atoms with Crippen LogP contribution in [0.5, 0.6) is 0 Å². The summed E-state index contributed by atoms with van der Waals surface area (Å²) in [6.07, 6.45) is 7.44. The molecule has 0 atom stereocenters. The summed E-state index contributed by atoms with van der Waals surface area (Å²) in [5.74, 6) is 0.516. The van der Waals surface area contributed by atoms with Crippen molar-refractivity contribution in [3.8, 4) is 6.07 Å². The summed E-state index contributed by atoms with van der Waals surface area (Å²) in [5, 5.41) is 8.93. The maximum atomic E-state index is 8.93. The van der Waals surface area contributed by atoms with Crippen LogP contribution in [0.3, 0.4) is 0 Å². The van der Waals surface area contributed by atoms with Crippen molar-refractivity contribution >= 4 is 0 Å². The molecule has 1 saturated heterocycles. The number of hydrogen-bond donors (Lipinski definition) is 0. The molecule has 0 aliphatic carbocycles. The fraction of sp³-hybridized carbons (Fsp3) is 0.611. The van der Waals surface area contributed by atoms with Gasteiger partial charge >= 0.3 is 0 Å². The van der Waals surface area contributed by atoms with E-state index in [0.717, 1.165) is 18.8 Å². The van der Waals surface area contributed by atoms with Crippen LogP contribution >= 0.6 is 0 Å². The molecule has 0 bridgehead atoms. The van der Waals surface area contributed by atoms with Gasteiger partial charge in [-0.05, 0) is 18.6 Å². The monoisotopic (exact) mass is 287 g/mol. The molecule has 2 rings (SSSR count). The molecule has 0 radical (unpaired) electrons. The zero-order chi connectivity index (χ0) is 14.9. The molecule has 1 aromatic rings. The van der Waals surface area contributed by atoms with Gasteiger partial charge in [-0.25, -0.2) is 0 Å². The van der Waals surface area contributed by atoms with Gasteiger partial charge in [0.05, 0.1) is 24.8 Å². The SMILES string of the molecule is CCCCCCCC1COC(c2cccc(C#N)c2)OC1. The van der Waals surface area contributed by atoms with Crippen LogP contribution < -0.4 is 0 Å². The lowest BCUT2D eigenvalue weighted by molar-refractivity contribution is -0.206. The Labute approximate surface area is 127 Å². The molecule has 1 aromatic carbocycles. The second kappa shape index (κ2) is 8.81. The fourth-order valence-corrected chi connectivity index (χ4v) is 2.69. The molecule has 1 aliphatic heterocycles. The van der Waals surface area contributed by atoms with Crippen molar-refractivity contribution in [2.45, 2.75) is 51.7 Å². The molecule has 1 heterocycles. The van der Waals surface area contributed by atoms with E-state index >= 15 is 0 Å². The fourth-order valence-electron chi connectivity index (χ4n) is 2.69. The lowest BCUT2D eigenvalue weighted by atomic mass is 10.0. The smallest absolute Gasteiger partial charge is 0.183 e. The zero-order valence-electron chi connectivity index (χ0n) is 12.9. The summed E-state index contributed by atoms with van der Waals surface area (Å²) in [4.78, 5) is 0. The summed E-state index contributed by atoms with van der Waals surface area (Å²) >= 11 is 0. The highest BCUT2D eigenvalue weighted by Crippen LogP contribution is 2.27. The van der Waals surface area contributed by atoms with Crippen LogP contribution in [0, 0.1) is 17.2 Å². The highest BCUT2D eigenvalue weighted by Gasteiger charge is 2.23. The lowest BCUT2D eigenvalue weighted by Crippen LogP contribution is -2.27. The predicted molar refractivity (Wildman–Crippen MR) is 82.7 cm³/mol. The lowest BCUT2D eigenvalue weighted by Gasteiger charge is -2.29. The van der Waals surface area contributed by atoms with Crippen LogP contribution in [0.1, 0.15) is 62.9 Å². The molecule has 0 spiro atoms. The minimum atomic E-state index is -0.311. The standard InChI is InChI=1S/C18H25NO2/c1-2-3-4-5-6-8-16-13-20-18(21-14-16)17-10-7-9-15(11-17)12-19/h7,9-11,16,18H,2-6,8,13-14H2,1H3. The summed E-state index contributed by atoms with van der Waals surface area (Å²) in [6.45, 7) is 3.76. The third-order valence-corrected chi connectivity index (χ3v) is 3.97. The van der Waals surface area contributed by atoms with Gasteiger partial charge < -0.3 is 9.47 Å². The Morgan fingerprint density at radius 3 is 2.62 bits per heavy atom. The highest BCUT2D eigenvalue weighted by molar-refractivity contribution is 5.33. The van der Waals surface area contributed by atoms with Crippen molar-refractivity contribution in [3.63, 3.8) is 0 Å². The summed E-state index contributed by atoms with van der Waals surface area (Å²) in [6, 6.07) is 9.62. The van der Waals surface area contributed by atoms with E-state index in [0.29, 0.717) is 11.5 Å². The molecule has 21 heavy (non-hydrogen) atoms. The summed E-state index contributed by atoms with van der Waals surface area (Å²) < 4.78 is 11.6. The molecule has 3 nitrogen and oxygen atoms in total.